The predicted molar refractivity (Wildman–Crippen MR) is 53.5 cm³/mol. The van der Waals surface area contributed by atoms with Crippen molar-refractivity contribution in [3.8, 4) is 0 Å². The fourth-order valence-electron chi connectivity index (χ4n) is 1.44. The maximum atomic E-state index is 11.2. The van der Waals surface area contributed by atoms with Gasteiger partial charge in [-0.05, 0) is 20.4 Å². The topological polar surface area (TPSA) is 32.3 Å². The van der Waals surface area contributed by atoms with Crippen LogP contribution < -0.4 is 5.32 Å². The highest BCUT2D eigenvalue weighted by Crippen LogP contribution is 2.12. The second kappa shape index (κ2) is 5.02. The predicted octanol–water partition coefficient (Wildman–Crippen LogP) is 0.774. The lowest BCUT2D eigenvalue weighted by Gasteiger charge is -2.21. The lowest BCUT2D eigenvalue weighted by molar-refractivity contribution is -0.120. The summed E-state index contributed by atoms with van der Waals surface area (Å²) in [5.74, 6) is 0.151. The van der Waals surface area contributed by atoms with Crippen LogP contribution in [0.1, 0.15) is 19.8 Å². The molecule has 1 N–H and O–H groups in total. The fourth-order valence-corrected chi connectivity index (χ4v) is 1.44. The van der Waals surface area contributed by atoms with Crippen molar-refractivity contribution in [1.29, 1.82) is 0 Å². The van der Waals surface area contributed by atoms with Crippen molar-refractivity contribution >= 4 is 5.91 Å². The standard InChI is InChI=1S/C10H18N2O/c1-3-11-10(13)8-9-4-6-12(2)7-5-9/h4H,3,5-8H2,1-2H3,(H,11,13). The van der Waals surface area contributed by atoms with Gasteiger partial charge in [0.15, 0.2) is 0 Å². The van der Waals surface area contributed by atoms with Crippen LogP contribution in [0.3, 0.4) is 0 Å². The minimum Gasteiger partial charge on any atom is -0.356 e. The Morgan fingerprint density at radius 1 is 1.69 bits per heavy atom. The fraction of sp³-hybridized carbons (Fsp3) is 0.700. The van der Waals surface area contributed by atoms with E-state index < -0.39 is 0 Å². The zero-order valence-electron chi connectivity index (χ0n) is 8.47. The Hall–Kier alpha value is -0.830. The van der Waals surface area contributed by atoms with Crippen molar-refractivity contribution < 1.29 is 4.79 Å². The highest BCUT2D eigenvalue weighted by atomic mass is 16.1. The van der Waals surface area contributed by atoms with Crippen LogP contribution in [0.2, 0.25) is 0 Å². The van der Waals surface area contributed by atoms with Crippen molar-refractivity contribution in [3.05, 3.63) is 11.6 Å². The van der Waals surface area contributed by atoms with Gasteiger partial charge in [0.2, 0.25) is 5.91 Å². The summed E-state index contributed by atoms with van der Waals surface area (Å²) in [6.07, 6.45) is 3.79. The first-order chi connectivity index (χ1) is 6.22. The molecule has 0 saturated heterocycles. The van der Waals surface area contributed by atoms with Gasteiger partial charge in [-0.1, -0.05) is 11.6 Å². The van der Waals surface area contributed by atoms with Crippen LogP contribution in [0.5, 0.6) is 0 Å². The van der Waals surface area contributed by atoms with E-state index in [0.717, 1.165) is 26.1 Å². The average molecular weight is 182 g/mol. The molecule has 0 aliphatic carbocycles. The van der Waals surface area contributed by atoms with Crippen molar-refractivity contribution in [3.63, 3.8) is 0 Å². The summed E-state index contributed by atoms with van der Waals surface area (Å²) in [6, 6.07) is 0. The third-order valence-electron chi connectivity index (χ3n) is 2.27. The first-order valence-electron chi connectivity index (χ1n) is 4.85. The van der Waals surface area contributed by atoms with Gasteiger partial charge in [-0.25, -0.2) is 0 Å². The van der Waals surface area contributed by atoms with Crippen LogP contribution in [-0.2, 0) is 4.79 Å². The van der Waals surface area contributed by atoms with Gasteiger partial charge in [0.25, 0.3) is 0 Å². The minimum absolute atomic E-state index is 0.151. The maximum absolute atomic E-state index is 11.2. The molecule has 0 bridgehead atoms. The van der Waals surface area contributed by atoms with E-state index >= 15 is 0 Å². The zero-order chi connectivity index (χ0) is 9.68. The van der Waals surface area contributed by atoms with Gasteiger partial charge in [-0.15, -0.1) is 0 Å². The van der Waals surface area contributed by atoms with Crippen LogP contribution in [0.4, 0.5) is 0 Å². The summed E-state index contributed by atoms with van der Waals surface area (Å²) < 4.78 is 0. The lowest BCUT2D eigenvalue weighted by Crippen LogP contribution is -2.27. The van der Waals surface area contributed by atoms with Crippen molar-refractivity contribution in [2.45, 2.75) is 19.8 Å². The molecule has 0 aromatic rings. The molecule has 1 aliphatic rings. The Labute approximate surface area is 79.8 Å². The van der Waals surface area contributed by atoms with Crippen molar-refractivity contribution in [2.24, 2.45) is 0 Å². The van der Waals surface area contributed by atoms with Crippen LogP contribution >= 0.6 is 0 Å². The number of amides is 1. The molecule has 0 aromatic carbocycles. The van der Waals surface area contributed by atoms with Gasteiger partial charge in [0.1, 0.15) is 0 Å². The molecule has 0 fully saturated rings. The van der Waals surface area contributed by atoms with E-state index in [1.165, 1.54) is 5.57 Å². The SMILES string of the molecule is CCNC(=O)CC1=CCN(C)CC1. The molecule has 0 atom stereocenters. The Kier molecular flexibility index (Phi) is 3.96. The summed E-state index contributed by atoms with van der Waals surface area (Å²) in [6.45, 7) is 4.73. The van der Waals surface area contributed by atoms with Crippen LogP contribution in [0.25, 0.3) is 0 Å². The van der Waals surface area contributed by atoms with Gasteiger partial charge in [0, 0.05) is 26.1 Å². The molecule has 0 aromatic heterocycles. The largest absolute Gasteiger partial charge is 0.356 e. The number of carbonyl (C=O) groups excluding carboxylic acids is 1. The van der Waals surface area contributed by atoms with E-state index in [0.29, 0.717) is 6.42 Å². The normalized spacial score (nSPS) is 18.2. The molecule has 0 saturated carbocycles. The average Bonchev–Trinajstić information content (AvgIpc) is 2.09. The van der Waals surface area contributed by atoms with E-state index in [9.17, 15) is 4.79 Å². The monoisotopic (exact) mass is 182 g/mol. The van der Waals surface area contributed by atoms with Gasteiger partial charge >= 0.3 is 0 Å². The van der Waals surface area contributed by atoms with Crippen LogP contribution in [-0.4, -0.2) is 37.5 Å². The quantitative estimate of drug-likeness (QED) is 0.654. The van der Waals surface area contributed by atoms with Crippen molar-refractivity contribution in [1.82, 2.24) is 10.2 Å². The molecule has 3 nitrogen and oxygen atoms in total. The lowest BCUT2D eigenvalue weighted by atomic mass is 10.1. The van der Waals surface area contributed by atoms with Gasteiger partial charge in [-0.3, -0.25) is 4.79 Å². The number of hydrogen-bond donors (Lipinski definition) is 1. The first kappa shape index (κ1) is 10.3. The molecule has 3 heteroatoms. The summed E-state index contributed by atoms with van der Waals surface area (Å²) >= 11 is 0. The molecule has 0 unspecified atom stereocenters. The van der Waals surface area contributed by atoms with Gasteiger partial charge in [-0.2, -0.15) is 0 Å². The molecular formula is C10H18N2O. The highest BCUT2D eigenvalue weighted by Gasteiger charge is 2.10. The highest BCUT2D eigenvalue weighted by molar-refractivity contribution is 5.78. The Balaban J connectivity index is 2.33. The molecule has 13 heavy (non-hydrogen) atoms. The Morgan fingerprint density at radius 2 is 2.46 bits per heavy atom. The Morgan fingerprint density at radius 3 is 3.00 bits per heavy atom. The van der Waals surface area contributed by atoms with Gasteiger partial charge in [0.05, 0.1) is 0 Å². The summed E-state index contributed by atoms with van der Waals surface area (Å²) in [4.78, 5) is 13.5. The van der Waals surface area contributed by atoms with Gasteiger partial charge < -0.3 is 10.2 Å². The summed E-state index contributed by atoms with van der Waals surface area (Å²) in [5.41, 5.74) is 1.28. The minimum atomic E-state index is 0.151. The molecule has 1 aliphatic heterocycles. The number of hydrogen-bond acceptors (Lipinski definition) is 2. The molecular weight excluding hydrogens is 164 g/mol. The maximum Gasteiger partial charge on any atom is 0.224 e. The zero-order valence-corrected chi connectivity index (χ0v) is 8.47. The Bertz CT molecular complexity index is 211. The molecule has 74 valence electrons. The number of carbonyl (C=O) groups is 1. The van der Waals surface area contributed by atoms with E-state index in [2.05, 4.69) is 23.3 Å². The number of nitrogens with one attached hydrogen (secondary N) is 1. The molecule has 0 spiro atoms. The summed E-state index contributed by atoms with van der Waals surface area (Å²) in [7, 11) is 2.10. The number of rotatable bonds is 3. The third kappa shape index (κ3) is 3.59. The van der Waals surface area contributed by atoms with Crippen molar-refractivity contribution in [2.75, 3.05) is 26.7 Å². The van der Waals surface area contributed by atoms with E-state index in [-0.39, 0.29) is 5.91 Å². The van der Waals surface area contributed by atoms with E-state index in [1.54, 1.807) is 0 Å². The first-order valence-corrected chi connectivity index (χ1v) is 4.85. The second-order valence-electron chi connectivity index (χ2n) is 3.50. The van der Waals surface area contributed by atoms with Crippen LogP contribution in [0, 0.1) is 0 Å². The van der Waals surface area contributed by atoms with E-state index in [1.807, 2.05) is 6.92 Å². The third-order valence-corrected chi connectivity index (χ3v) is 2.27. The second-order valence-corrected chi connectivity index (χ2v) is 3.50. The number of nitrogens with zero attached hydrogens (tertiary/aromatic N) is 1. The summed E-state index contributed by atoms with van der Waals surface area (Å²) in [5, 5.41) is 2.81. The van der Waals surface area contributed by atoms with Crippen LogP contribution in [0.15, 0.2) is 11.6 Å². The molecule has 1 amide bonds. The molecule has 1 rings (SSSR count). The molecule has 0 radical (unpaired) electrons. The van der Waals surface area contributed by atoms with E-state index in [4.69, 9.17) is 0 Å². The molecule has 1 heterocycles. The number of likely N-dealkylation sites (N-methyl/N-ethyl adjacent to an activating group) is 1. The smallest absolute Gasteiger partial charge is 0.224 e.